The van der Waals surface area contributed by atoms with Crippen molar-refractivity contribution in [1.82, 2.24) is 14.8 Å². The summed E-state index contributed by atoms with van der Waals surface area (Å²) in [6, 6.07) is 1.88. The van der Waals surface area contributed by atoms with Gasteiger partial charge in [-0.3, -0.25) is 9.78 Å². The van der Waals surface area contributed by atoms with E-state index in [0.717, 1.165) is 36.2 Å². The monoisotopic (exact) mass is 345 g/mol. The van der Waals surface area contributed by atoms with Gasteiger partial charge in [-0.15, -0.1) is 0 Å². The van der Waals surface area contributed by atoms with Gasteiger partial charge in [-0.1, -0.05) is 0 Å². The third kappa shape index (κ3) is 4.01. The lowest BCUT2D eigenvalue weighted by Gasteiger charge is -2.29. The van der Waals surface area contributed by atoms with E-state index in [-0.39, 0.29) is 5.91 Å². The molecule has 0 fully saturated rings. The molecule has 0 spiro atoms. The van der Waals surface area contributed by atoms with E-state index in [2.05, 4.69) is 9.88 Å². The molecule has 0 saturated carbocycles. The topological polar surface area (TPSA) is 45.7 Å². The molecule has 0 N–H and O–H groups in total. The maximum absolute atomic E-state index is 12.5. The summed E-state index contributed by atoms with van der Waals surface area (Å²) < 4.78 is 5.77. The number of hydrogen-bond acceptors (Lipinski definition) is 5. The van der Waals surface area contributed by atoms with Crippen molar-refractivity contribution in [3.63, 3.8) is 0 Å². The molecule has 0 atom stereocenters. The molecule has 128 valence electrons. The smallest absolute Gasteiger partial charge is 0.255 e. The van der Waals surface area contributed by atoms with Gasteiger partial charge < -0.3 is 14.5 Å². The van der Waals surface area contributed by atoms with Crippen LogP contribution >= 0.6 is 11.3 Å². The van der Waals surface area contributed by atoms with E-state index >= 15 is 0 Å². The second kappa shape index (κ2) is 7.88. The van der Waals surface area contributed by atoms with Gasteiger partial charge in [0.15, 0.2) is 0 Å². The molecule has 1 aliphatic heterocycles. The molecule has 2 aromatic rings. The van der Waals surface area contributed by atoms with Crippen molar-refractivity contribution in [3.8, 4) is 0 Å². The zero-order valence-corrected chi connectivity index (χ0v) is 15.0. The number of thiophene rings is 1. The lowest BCUT2D eigenvalue weighted by Crippen LogP contribution is -2.36. The summed E-state index contributed by atoms with van der Waals surface area (Å²) in [4.78, 5) is 20.9. The average Bonchev–Trinajstić information content (AvgIpc) is 3.12. The molecule has 0 aliphatic carbocycles. The summed E-state index contributed by atoms with van der Waals surface area (Å²) >= 11 is 1.55. The van der Waals surface area contributed by atoms with E-state index in [1.54, 1.807) is 11.3 Å². The van der Waals surface area contributed by atoms with Crippen LogP contribution in [0.25, 0.3) is 0 Å². The number of aromatic nitrogens is 1. The summed E-state index contributed by atoms with van der Waals surface area (Å²) in [5.74, 6) is 0.106. The standard InChI is InChI=1S/C18H23N3O2S/c1-20(2)6-7-23-12-16-10-19-9-15-11-21(5-3-17(15)16)18(22)14-4-8-24-13-14/h4,8-10,13H,3,5-7,11-12H2,1-2H3. The maximum Gasteiger partial charge on any atom is 0.255 e. The molecule has 0 radical (unpaired) electrons. The molecule has 1 aliphatic rings. The summed E-state index contributed by atoms with van der Waals surface area (Å²) in [7, 11) is 4.07. The van der Waals surface area contributed by atoms with Crippen LogP contribution in [0.15, 0.2) is 29.2 Å². The van der Waals surface area contributed by atoms with E-state index in [1.807, 2.05) is 48.2 Å². The Bertz CT molecular complexity index is 686. The minimum Gasteiger partial charge on any atom is -0.375 e. The van der Waals surface area contributed by atoms with Crippen LogP contribution in [0.2, 0.25) is 0 Å². The van der Waals surface area contributed by atoms with Gasteiger partial charge in [0.1, 0.15) is 0 Å². The highest BCUT2D eigenvalue weighted by Crippen LogP contribution is 2.24. The first-order chi connectivity index (χ1) is 11.6. The van der Waals surface area contributed by atoms with Crippen LogP contribution in [0.3, 0.4) is 0 Å². The number of hydrogen-bond donors (Lipinski definition) is 0. The Hall–Kier alpha value is -1.76. The molecule has 0 aromatic carbocycles. The summed E-state index contributed by atoms with van der Waals surface area (Å²) in [6.45, 7) is 3.58. The van der Waals surface area contributed by atoms with E-state index in [0.29, 0.717) is 19.8 Å². The normalized spacial score (nSPS) is 14.0. The highest BCUT2D eigenvalue weighted by molar-refractivity contribution is 7.08. The van der Waals surface area contributed by atoms with Crippen LogP contribution in [0.4, 0.5) is 0 Å². The minimum absolute atomic E-state index is 0.106. The van der Waals surface area contributed by atoms with Gasteiger partial charge in [0.05, 0.1) is 18.8 Å². The number of rotatable bonds is 6. The number of nitrogens with zero attached hydrogens (tertiary/aromatic N) is 3. The van der Waals surface area contributed by atoms with Crippen molar-refractivity contribution >= 4 is 17.2 Å². The fraction of sp³-hybridized carbons (Fsp3) is 0.444. The van der Waals surface area contributed by atoms with Crippen molar-refractivity contribution in [3.05, 3.63) is 51.5 Å². The van der Waals surface area contributed by atoms with Gasteiger partial charge in [0, 0.05) is 37.4 Å². The predicted octanol–water partition coefficient (Wildman–Crippen LogP) is 2.42. The molecule has 2 aromatic heterocycles. The Morgan fingerprint density at radius 3 is 3.04 bits per heavy atom. The van der Waals surface area contributed by atoms with Crippen LogP contribution in [-0.2, 0) is 24.3 Å². The number of fused-ring (bicyclic) bond motifs is 1. The van der Waals surface area contributed by atoms with Crippen LogP contribution in [-0.4, -0.2) is 54.5 Å². The molecule has 1 amide bonds. The lowest BCUT2D eigenvalue weighted by atomic mass is 9.97. The van der Waals surface area contributed by atoms with Gasteiger partial charge >= 0.3 is 0 Å². The van der Waals surface area contributed by atoms with E-state index < -0.39 is 0 Å². The number of carbonyl (C=O) groups is 1. The van der Waals surface area contributed by atoms with Gasteiger partial charge in [-0.05, 0) is 48.7 Å². The van der Waals surface area contributed by atoms with Crippen LogP contribution < -0.4 is 0 Å². The second-order valence-electron chi connectivity index (χ2n) is 6.28. The molecule has 24 heavy (non-hydrogen) atoms. The van der Waals surface area contributed by atoms with E-state index in [1.165, 1.54) is 5.56 Å². The first kappa shape index (κ1) is 17.1. The number of pyridine rings is 1. The van der Waals surface area contributed by atoms with Gasteiger partial charge in [0.2, 0.25) is 0 Å². The number of ether oxygens (including phenoxy) is 1. The first-order valence-electron chi connectivity index (χ1n) is 8.13. The Morgan fingerprint density at radius 2 is 2.29 bits per heavy atom. The van der Waals surface area contributed by atoms with E-state index in [4.69, 9.17) is 4.74 Å². The van der Waals surface area contributed by atoms with Crippen molar-refractivity contribution in [2.24, 2.45) is 0 Å². The van der Waals surface area contributed by atoms with Crippen molar-refractivity contribution < 1.29 is 9.53 Å². The maximum atomic E-state index is 12.5. The fourth-order valence-corrected chi connectivity index (χ4v) is 3.49. The zero-order valence-electron chi connectivity index (χ0n) is 14.2. The molecule has 5 nitrogen and oxygen atoms in total. The molecular weight excluding hydrogens is 322 g/mol. The molecule has 0 saturated heterocycles. The Kier molecular flexibility index (Phi) is 5.60. The predicted molar refractivity (Wildman–Crippen MR) is 95.2 cm³/mol. The average molecular weight is 345 g/mol. The highest BCUT2D eigenvalue weighted by atomic mass is 32.1. The summed E-state index contributed by atoms with van der Waals surface area (Å²) in [6.07, 6.45) is 4.64. The second-order valence-corrected chi connectivity index (χ2v) is 7.06. The largest absolute Gasteiger partial charge is 0.375 e. The number of amides is 1. The molecule has 6 heteroatoms. The van der Waals surface area contributed by atoms with Crippen molar-refractivity contribution in [2.45, 2.75) is 19.6 Å². The SMILES string of the molecule is CN(C)CCOCc1cncc2c1CCN(C(=O)c1ccsc1)C2. The molecule has 3 rings (SSSR count). The lowest BCUT2D eigenvalue weighted by molar-refractivity contribution is 0.0732. The first-order valence-corrected chi connectivity index (χ1v) is 9.08. The van der Waals surface area contributed by atoms with Crippen molar-refractivity contribution in [1.29, 1.82) is 0 Å². The minimum atomic E-state index is 0.106. The molecular formula is C18H23N3O2S. The Balaban J connectivity index is 1.65. The molecule has 0 unspecified atom stereocenters. The zero-order chi connectivity index (χ0) is 16.9. The fourth-order valence-electron chi connectivity index (χ4n) is 2.86. The van der Waals surface area contributed by atoms with Crippen LogP contribution in [0, 0.1) is 0 Å². The third-order valence-corrected chi connectivity index (χ3v) is 4.91. The number of carbonyl (C=O) groups excluding carboxylic acids is 1. The Morgan fingerprint density at radius 1 is 1.42 bits per heavy atom. The number of likely N-dealkylation sites (N-methyl/N-ethyl adjacent to an activating group) is 1. The summed E-state index contributed by atoms with van der Waals surface area (Å²) in [5, 5.41) is 3.85. The van der Waals surface area contributed by atoms with Crippen molar-refractivity contribution in [2.75, 3.05) is 33.8 Å². The van der Waals surface area contributed by atoms with Gasteiger partial charge in [-0.2, -0.15) is 11.3 Å². The van der Waals surface area contributed by atoms with Crippen LogP contribution in [0.5, 0.6) is 0 Å². The Labute approximate surface area is 146 Å². The third-order valence-electron chi connectivity index (χ3n) is 4.22. The quantitative estimate of drug-likeness (QED) is 0.755. The van der Waals surface area contributed by atoms with Crippen LogP contribution in [0.1, 0.15) is 27.0 Å². The van der Waals surface area contributed by atoms with Gasteiger partial charge in [-0.25, -0.2) is 0 Å². The molecule has 3 heterocycles. The highest BCUT2D eigenvalue weighted by Gasteiger charge is 2.23. The van der Waals surface area contributed by atoms with E-state index in [9.17, 15) is 4.79 Å². The molecule has 0 bridgehead atoms. The summed E-state index contributed by atoms with van der Waals surface area (Å²) in [5.41, 5.74) is 4.36. The van der Waals surface area contributed by atoms with Gasteiger partial charge in [0.25, 0.3) is 5.91 Å².